The Morgan fingerprint density at radius 2 is 1.69 bits per heavy atom. The number of halogens is 2. The zero-order valence-electron chi connectivity index (χ0n) is 8.27. The molecule has 0 fully saturated rings. The van der Waals surface area contributed by atoms with E-state index in [-0.39, 0.29) is 0 Å². The van der Waals surface area contributed by atoms with Crippen LogP contribution in [0.3, 0.4) is 0 Å². The molecule has 0 spiro atoms. The van der Waals surface area contributed by atoms with Crippen LogP contribution in [-0.4, -0.2) is 9.97 Å². The van der Waals surface area contributed by atoms with E-state index in [4.69, 9.17) is 23.2 Å². The van der Waals surface area contributed by atoms with Crippen molar-refractivity contribution in [3.63, 3.8) is 0 Å². The number of nitrogens with zero attached hydrogens (tertiary/aromatic N) is 2. The van der Waals surface area contributed by atoms with Gasteiger partial charge in [-0.3, -0.25) is 0 Å². The van der Waals surface area contributed by atoms with Gasteiger partial charge in [0.15, 0.2) is 5.82 Å². The summed E-state index contributed by atoms with van der Waals surface area (Å²) in [6.07, 6.45) is 5.33. The molecular weight excluding hydrogens is 243 g/mol. The molecule has 0 aliphatic carbocycles. The van der Waals surface area contributed by atoms with Gasteiger partial charge in [0.1, 0.15) is 5.15 Å². The van der Waals surface area contributed by atoms with E-state index in [1.807, 2.05) is 30.3 Å². The third kappa shape index (κ3) is 3.05. The first-order valence-corrected chi connectivity index (χ1v) is 5.42. The van der Waals surface area contributed by atoms with Crippen LogP contribution in [0.25, 0.3) is 12.2 Å². The first kappa shape index (κ1) is 11.1. The Hall–Kier alpha value is -1.38. The fourth-order valence-electron chi connectivity index (χ4n) is 1.18. The second-order valence-electron chi connectivity index (χ2n) is 3.12. The van der Waals surface area contributed by atoms with Gasteiger partial charge in [0, 0.05) is 11.2 Å². The average molecular weight is 251 g/mol. The molecule has 0 amide bonds. The van der Waals surface area contributed by atoms with Crippen molar-refractivity contribution < 1.29 is 0 Å². The minimum absolute atomic E-state index is 0.436. The molecule has 4 heteroatoms. The van der Waals surface area contributed by atoms with Crippen molar-refractivity contribution in [3.05, 3.63) is 58.1 Å². The van der Waals surface area contributed by atoms with Gasteiger partial charge in [-0.2, -0.15) is 0 Å². The molecule has 0 saturated carbocycles. The van der Waals surface area contributed by atoms with Crippen molar-refractivity contribution in [2.45, 2.75) is 0 Å². The van der Waals surface area contributed by atoms with E-state index < -0.39 is 0 Å². The van der Waals surface area contributed by atoms with Crippen LogP contribution >= 0.6 is 23.2 Å². The van der Waals surface area contributed by atoms with Crippen LogP contribution in [-0.2, 0) is 0 Å². The van der Waals surface area contributed by atoms with Gasteiger partial charge < -0.3 is 0 Å². The van der Waals surface area contributed by atoms with Gasteiger partial charge in [0.25, 0.3) is 0 Å². The molecule has 2 rings (SSSR count). The molecule has 2 nitrogen and oxygen atoms in total. The Morgan fingerprint density at radius 3 is 2.38 bits per heavy atom. The maximum atomic E-state index is 5.78. The molecule has 0 atom stereocenters. The summed E-state index contributed by atoms with van der Waals surface area (Å²) in [7, 11) is 0. The van der Waals surface area contributed by atoms with Crippen LogP contribution < -0.4 is 0 Å². The van der Waals surface area contributed by atoms with Crippen molar-refractivity contribution in [2.75, 3.05) is 0 Å². The van der Waals surface area contributed by atoms with E-state index in [2.05, 4.69) is 9.97 Å². The van der Waals surface area contributed by atoms with E-state index in [0.29, 0.717) is 11.0 Å². The Morgan fingerprint density at radius 1 is 0.938 bits per heavy atom. The van der Waals surface area contributed by atoms with E-state index in [1.165, 1.54) is 0 Å². The predicted molar refractivity (Wildman–Crippen MR) is 67.4 cm³/mol. The number of rotatable bonds is 2. The highest BCUT2D eigenvalue weighted by molar-refractivity contribution is 6.30. The summed E-state index contributed by atoms with van der Waals surface area (Å²) in [4.78, 5) is 8.11. The van der Waals surface area contributed by atoms with Crippen molar-refractivity contribution in [2.24, 2.45) is 0 Å². The Bertz CT molecular complexity index is 507. The van der Waals surface area contributed by atoms with Gasteiger partial charge in [0.05, 0.1) is 0 Å². The molecule has 0 radical (unpaired) electrons. The summed E-state index contributed by atoms with van der Waals surface area (Å²) in [6, 6.07) is 9.15. The number of hydrogen-bond donors (Lipinski definition) is 0. The molecular formula is C12H8Cl2N2. The molecule has 1 heterocycles. The molecule has 80 valence electrons. The maximum absolute atomic E-state index is 5.78. The molecule has 0 saturated heterocycles. The van der Waals surface area contributed by atoms with Gasteiger partial charge in [-0.15, -0.1) is 0 Å². The molecule has 2 aromatic rings. The Kier molecular flexibility index (Phi) is 3.54. The lowest BCUT2D eigenvalue weighted by Crippen LogP contribution is -1.85. The minimum atomic E-state index is 0.436. The van der Waals surface area contributed by atoms with E-state index >= 15 is 0 Å². The standard InChI is InChI=1S/C12H8Cl2N2/c13-10-4-1-9(2-5-10)3-6-12-15-8-7-11(14)16-12/h1-8H/b6-3+. The summed E-state index contributed by atoms with van der Waals surface area (Å²) in [6.45, 7) is 0. The topological polar surface area (TPSA) is 25.8 Å². The zero-order chi connectivity index (χ0) is 11.4. The number of aromatic nitrogens is 2. The van der Waals surface area contributed by atoms with Gasteiger partial charge in [-0.25, -0.2) is 9.97 Å². The van der Waals surface area contributed by atoms with Crippen LogP contribution in [0.1, 0.15) is 11.4 Å². The highest BCUT2D eigenvalue weighted by Gasteiger charge is 1.92. The highest BCUT2D eigenvalue weighted by atomic mass is 35.5. The highest BCUT2D eigenvalue weighted by Crippen LogP contribution is 2.12. The SMILES string of the molecule is Clc1ccc(/C=C/c2nccc(Cl)n2)cc1. The van der Waals surface area contributed by atoms with Gasteiger partial charge in [-0.05, 0) is 29.8 Å². The third-order valence-electron chi connectivity index (χ3n) is 1.94. The fraction of sp³-hybridized carbons (Fsp3) is 0. The Balaban J connectivity index is 2.18. The third-order valence-corrected chi connectivity index (χ3v) is 2.40. The normalized spacial score (nSPS) is 10.9. The van der Waals surface area contributed by atoms with Crippen molar-refractivity contribution in [1.29, 1.82) is 0 Å². The first-order chi connectivity index (χ1) is 7.74. The van der Waals surface area contributed by atoms with E-state index in [1.54, 1.807) is 18.3 Å². The maximum Gasteiger partial charge on any atom is 0.153 e. The van der Waals surface area contributed by atoms with Crippen LogP contribution in [0.5, 0.6) is 0 Å². The minimum Gasteiger partial charge on any atom is -0.237 e. The second-order valence-corrected chi connectivity index (χ2v) is 3.95. The second kappa shape index (κ2) is 5.10. The van der Waals surface area contributed by atoms with Crippen LogP contribution in [0.4, 0.5) is 0 Å². The zero-order valence-corrected chi connectivity index (χ0v) is 9.78. The Labute approximate surface area is 104 Å². The van der Waals surface area contributed by atoms with E-state index in [9.17, 15) is 0 Å². The van der Waals surface area contributed by atoms with E-state index in [0.717, 1.165) is 10.6 Å². The quantitative estimate of drug-likeness (QED) is 0.755. The van der Waals surface area contributed by atoms with Crippen LogP contribution in [0.2, 0.25) is 10.2 Å². The lowest BCUT2D eigenvalue weighted by atomic mass is 10.2. The van der Waals surface area contributed by atoms with Gasteiger partial charge >= 0.3 is 0 Å². The molecule has 0 bridgehead atoms. The molecule has 0 unspecified atom stereocenters. The predicted octanol–water partition coefficient (Wildman–Crippen LogP) is 3.95. The summed E-state index contributed by atoms with van der Waals surface area (Å²) in [5.41, 5.74) is 1.04. The van der Waals surface area contributed by atoms with Crippen LogP contribution in [0.15, 0.2) is 36.5 Å². The number of benzene rings is 1. The fourth-order valence-corrected chi connectivity index (χ4v) is 1.44. The molecule has 0 aliphatic rings. The molecule has 1 aromatic carbocycles. The average Bonchev–Trinajstić information content (AvgIpc) is 2.28. The van der Waals surface area contributed by atoms with Crippen molar-refractivity contribution >= 4 is 35.4 Å². The lowest BCUT2D eigenvalue weighted by Gasteiger charge is -1.94. The summed E-state index contributed by atoms with van der Waals surface area (Å²) < 4.78 is 0. The molecule has 1 aromatic heterocycles. The van der Waals surface area contributed by atoms with Gasteiger partial charge in [0.2, 0.25) is 0 Å². The number of hydrogen-bond acceptors (Lipinski definition) is 2. The molecule has 16 heavy (non-hydrogen) atoms. The molecule has 0 N–H and O–H groups in total. The van der Waals surface area contributed by atoms with Gasteiger partial charge in [-0.1, -0.05) is 41.4 Å². The summed E-state index contributed by atoms with van der Waals surface area (Å²) in [5, 5.41) is 1.15. The first-order valence-electron chi connectivity index (χ1n) is 4.66. The lowest BCUT2D eigenvalue weighted by molar-refractivity contribution is 1.14. The monoisotopic (exact) mass is 250 g/mol. The molecule has 0 aliphatic heterocycles. The van der Waals surface area contributed by atoms with Crippen molar-refractivity contribution in [1.82, 2.24) is 9.97 Å². The smallest absolute Gasteiger partial charge is 0.153 e. The summed E-state index contributed by atoms with van der Waals surface area (Å²) >= 11 is 11.5. The van der Waals surface area contributed by atoms with Crippen molar-refractivity contribution in [3.8, 4) is 0 Å². The summed E-state index contributed by atoms with van der Waals surface area (Å²) in [5.74, 6) is 0.586. The van der Waals surface area contributed by atoms with Crippen LogP contribution in [0, 0.1) is 0 Å². The largest absolute Gasteiger partial charge is 0.237 e.